The van der Waals surface area contributed by atoms with E-state index < -0.39 is 0 Å². The molecule has 2 aromatic rings. The van der Waals surface area contributed by atoms with Crippen LogP contribution in [0.4, 0.5) is 10.3 Å². The van der Waals surface area contributed by atoms with E-state index in [4.69, 9.17) is 15.2 Å². The summed E-state index contributed by atoms with van der Waals surface area (Å²) < 4.78 is 10.5. The van der Waals surface area contributed by atoms with E-state index >= 15 is 0 Å². The summed E-state index contributed by atoms with van der Waals surface area (Å²) >= 11 is 1.38. The van der Waals surface area contributed by atoms with Gasteiger partial charge in [0.1, 0.15) is 0 Å². The number of nitrogens with zero attached hydrogens (tertiary/aromatic N) is 3. The van der Waals surface area contributed by atoms with E-state index in [-0.39, 0.29) is 0 Å². The highest BCUT2D eigenvalue weighted by atomic mass is 32.1. The molecule has 6 nitrogen and oxygen atoms in total. The number of hydrogen-bond donors (Lipinski definition) is 1. The molecule has 0 aliphatic rings. The van der Waals surface area contributed by atoms with E-state index in [0.717, 1.165) is 29.6 Å². The van der Waals surface area contributed by atoms with Crippen molar-refractivity contribution in [3.8, 4) is 11.5 Å². The van der Waals surface area contributed by atoms with Crippen molar-refractivity contribution in [1.29, 1.82) is 0 Å². The maximum absolute atomic E-state index is 5.58. The molecule has 7 heteroatoms. The minimum Gasteiger partial charge on any atom is -0.493 e. The third-order valence-electron chi connectivity index (χ3n) is 2.94. The molecular formula is C13H18N4O2S. The Morgan fingerprint density at radius 3 is 2.55 bits per heavy atom. The molecule has 20 heavy (non-hydrogen) atoms. The maximum Gasteiger partial charge on any atom is 0.209 e. The lowest BCUT2D eigenvalue weighted by atomic mass is 10.1. The fourth-order valence-corrected chi connectivity index (χ4v) is 2.41. The van der Waals surface area contributed by atoms with Gasteiger partial charge in [0.15, 0.2) is 11.5 Å². The molecule has 0 aliphatic heterocycles. The molecule has 0 bridgehead atoms. The summed E-state index contributed by atoms with van der Waals surface area (Å²) in [6.07, 6.45) is 0.871. The Bertz CT molecular complexity index is 573. The van der Waals surface area contributed by atoms with Crippen molar-refractivity contribution in [2.75, 3.05) is 38.4 Å². The first-order chi connectivity index (χ1) is 9.63. The van der Waals surface area contributed by atoms with Crippen LogP contribution in [0.15, 0.2) is 18.2 Å². The first-order valence-corrected chi connectivity index (χ1v) is 6.96. The minimum absolute atomic E-state index is 0.484. The normalized spacial score (nSPS) is 10.3. The van der Waals surface area contributed by atoms with Crippen LogP contribution in [-0.2, 0) is 6.42 Å². The number of anilines is 2. The predicted molar refractivity (Wildman–Crippen MR) is 80.8 cm³/mol. The topological polar surface area (TPSA) is 73.5 Å². The number of likely N-dealkylation sites (N-methyl/N-ethyl adjacent to an activating group) is 1. The molecule has 0 saturated heterocycles. The molecule has 0 saturated carbocycles. The first-order valence-electron chi connectivity index (χ1n) is 6.15. The quantitative estimate of drug-likeness (QED) is 0.876. The zero-order chi connectivity index (χ0) is 14.5. The Morgan fingerprint density at radius 2 is 1.95 bits per heavy atom. The number of rotatable bonds is 6. The highest BCUT2D eigenvalue weighted by Crippen LogP contribution is 2.28. The largest absolute Gasteiger partial charge is 0.493 e. The second-order valence-electron chi connectivity index (χ2n) is 4.28. The molecule has 1 heterocycles. The van der Waals surface area contributed by atoms with Crippen LogP contribution < -0.4 is 20.1 Å². The van der Waals surface area contributed by atoms with Gasteiger partial charge in [-0.2, -0.15) is 0 Å². The van der Waals surface area contributed by atoms with Crippen molar-refractivity contribution in [3.05, 3.63) is 23.8 Å². The van der Waals surface area contributed by atoms with E-state index in [0.29, 0.717) is 5.13 Å². The highest BCUT2D eigenvalue weighted by molar-refractivity contribution is 7.18. The second kappa shape index (κ2) is 6.42. The van der Waals surface area contributed by atoms with E-state index in [1.165, 1.54) is 16.9 Å². The SMILES string of the molecule is COc1ccc(CCN(C)c2nnc(N)s2)cc1OC. The van der Waals surface area contributed by atoms with Crippen molar-refractivity contribution in [1.82, 2.24) is 10.2 Å². The van der Waals surface area contributed by atoms with E-state index in [9.17, 15) is 0 Å². The van der Waals surface area contributed by atoms with Crippen molar-refractivity contribution >= 4 is 21.6 Å². The number of benzene rings is 1. The van der Waals surface area contributed by atoms with Crippen molar-refractivity contribution in [2.24, 2.45) is 0 Å². The van der Waals surface area contributed by atoms with E-state index in [1.807, 2.05) is 30.1 Å². The van der Waals surface area contributed by atoms with Gasteiger partial charge in [0, 0.05) is 13.6 Å². The van der Waals surface area contributed by atoms with Gasteiger partial charge >= 0.3 is 0 Å². The Labute approximate surface area is 122 Å². The zero-order valence-electron chi connectivity index (χ0n) is 11.8. The van der Waals surface area contributed by atoms with E-state index in [1.54, 1.807) is 14.2 Å². The molecule has 1 aromatic heterocycles. The molecule has 2 N–H and O–H groups in total. The van der Waals surface area contributed by atoms with Gasteiger partial charge in [0.25, 0.3) is 0 Å². The van der Waals surface area contributed by atoms with Crippen LogP contribution in [0.1, 0.15) is 5.56 Å². The summed E-state index contributed by atoms with van der Waals surface area (Å²) in [5.41, 5.74) is 6.75. The van der Waals surface area contributed by atoms with Crippen molar-refractivity contribution < 1.29 is 9.47 Å². The van der Waals surface area contributed by atoms with Crippen LogP contribution >= 0.6 is 11.3 Å². The average Bonchev–Trinajstić information content (AvgIpc) is 2.91. The summed E-state index contributed by atoms with van der Waals surface area (Å²) in [4.78, 5) is 2.03. The van der Waals surface area contributed by atoms with Crippen LogP contribution in [-0.4, -0.2) is 38.0 Å². The molecule has 0 atom stereocenters. The highest BCUT2D eigenvalue weighted by Gasteiger charge is 2.09. The Hall–Kier alpha value is -2.02. The van der Waals surface area contributed by atoms with Crippen molar-refractivity contribution in [3.63, 3.8) is 0 Å². The third kappa shape index (κ3) is 3.30. The van der Waals surface area contributed by atoms with Crippen molar-refractivity contribution in [2.45, 2.75) is 6.42 Å². The van der Waals surface area contributed by atoms with Crippen LogP contribution in [0.2, 0.25) is 0 Å². The van der Waals surface area contributed by atoms with Crippen LogP contribution in [0.3, 0.4) is 0 Å². The Morgan fingerprint density at radius 1 is 1.20 bits per heavy atom. The Balaban J connectivity index is 2.00. The lowest BCUT2D eigenvalue weighted by Crippen LogP contribution is -2.20. The molecular weight excluding hydrogens is 276 g/mol. The summed E-state index contributed by atoms with van der Waals surface area (Å²) in [6.45, 7) is 0.824. The summed E-state index contributed by atoms with van der Waals surface area (Å²) in [7, 11) is 5.24. The fraction of sp³-hybridized carbons (Fsp3) is 0.385. The number of hydrogen-bond acceptors (Lipinski definition) is 7. The molecule has 1 aromatic carbocycles. The monoisotopic (exact) mass is 294 g/mol. The van der Waals surface area contributed by atoms with E-state index in [2.05, 4.69) is 10.2 Å². The standard InChI is InChI=1S/C13H18N4O2S/c1-17(13-16-15-12(14)20-13)7-6-9-4-5-10(18-2)11(8-9)19-3/h4-5,8H,6-7H2,1-3H3,(H2,14,15). The summed E-state index contributed by atoms with van der Waals surface area (Å²) in [5, 5.41) is 9.13. The van der Waals surface area contributed by atoms with Gasteiger partial charge in [-0.05, 0) is 24.1 Å². The smallest absolute Gasteiger partial charge is 0.209 e. The van der Waals surface area contributed by atoms with Crippen LogP contribution in [0.25, 0.3) is 0 Å². The number of ether oxygens (including phenoxy) is 2. The Kier molecular flexibility index (Phi) is 4.62. The molecule has 2 rings (SSSR count). The van der Waals surface area contributed by atoms with Gasteiger partial charge in [-0.15, -0.1) is 10.2 Å². The molecule has 108 valence electrons. The number of methoxy groups -OCH3 is 2. The average molecular weight is 294 g/mol. The van der Waals surface area contributed by atoms with Gasteiger partial charge in [-0.1, -0.05) is 17.4 Å². The molecule has 0 radical (unpaired) electrons. The molecule has 0 aliphatic carbocycles. The molecule has 0 amide bonds. The van der Waals surface area contributed by atoms with Crippen LogP contribution in [0, 0.1) is 0 Å². The number of nitrogens with two attached hydrogens (primary N) is 1. The van der Waals surface area contributed by atoms with Gasteiger partial charge in [0.2, 0.25) is 10.3 Å². The lowest BCUT2D eigenvalue weighted by molar-refractivity contribution is 0.354. The molecule has 0 unspecified atom stereocenters. The number of nitrogen functional groups attached to an aromatic ring is 1. The van der Waals surface area contributed by atoms with Gasteiger partial charge < -0.3 is 20.1 Å². The number of aromatic nitrogens is 2. The fourth-order valence-electron chi connectivity index (χ4n) is 1.81. The zero-order valence-corrected chi connectivity index (χ0v) is 12.6. The molecule has 0 spiro atoms. The first kappa shape index (κ1) is 14.4. The third-order valence-corrected chi connectivity index (χ3v) is 3.81. The van der Waals surface area contributed by atoms with Gasteiger partial charge in [-0.25, -0.2) is 0 Å². The van der Waals surface area contributed by atoms with Gasteiger partial charge in [0.05, 0.1) is 14.2 Å². The maximum atomic E-state index is 5.58. The minimum atomic E-state index is 0.484. The second-order valence-corrected chi connectivity index (χ2v) is 5.27. The summed E-state index contributed by atoms with van der Waals surface area (Å²) in [6, 6.07) is 5.93. The van der Waals surface area contributed by atoms with Crippen LogP contribution in [0.5, 0.6) is 11.5 Å². The molecule has 0 fully saturated rings. The van der Waals surface area contributed by atoms with Gasteiger partial charge in [-0.3, -0.25) is 0 Å². The lowest BCUT2D eigenvalue weighted by Gasteiger charge is -2.15. The predicted octanol–water partition coefficient (Wildman–Crippen LogP) is 1.82. The summed E-state index contributed by atoms with van der Waals surface area (Å²) in [5.74, 6) is 1.48.